The van der Waals surface area contributed by atoms with Crippen LogP contribution >= 0.6 is 0 Å². The Hall–Kier alpha value is -3.05. The van der Waals surface area contributed by atoms with E-state index in [0.29, 0.717) is 24.7 Å². The van der Waals surface area contributed by atoms with Crippen molar-refractivity contribution in [2.75, 3.05) is 26.3 Å². The zero-order valence-electron chi connectivity index (χ0n) is 22.7. The molecule has 8 nitrogen and oxygen atoms in total. The number of aromatic nitrogens is 1. The van der Waals surface area contributed by atoms with Crippen molar-refractivity contribution < 1.29 is 23.8 Å². The van der Waals surface area contributed by atoms with Gasteiger partial charge in [0.15, 0.2) is 0 Å². The van der Waals surface area contributed by atoms with Gasteiger partial charge in [-0.1, -0.05) is 6.07 Å². The highest BCUT2D eigenvalue weighted by atomic mass is 16.6. The maximum absolute atomic E-state index is 13.1. The molecule has 0 bridgehead atoms. The maximum atomic E-state index is 13.1. The molecule has 3 heterocycles. The van der Waals surface area contributed by atoms with Crippen molar-refractivity contribution in [3.05, 3.63) is 35.5 Å². The molecule has 0 radical (unpaired) electrons. The van der Waals surface area contributed by atoms with Gasteiger partial charge in [-0.3, -0.25) is 0 Å². The summed E-state index contributed by atoms with van der Waals surface area (Å²) in [6.45, 7) is 13.4. The summed E-state index contributed by atoms with van der Waals surface area (Å²) in [5.74, 6) is -0.222. The van der Waals surface area contributed by atoms with Crippen LogP contribution in [0.5, 0.6) is 0 Å². The highest BCUT2D eigenvalue weighted by Crippen LogP contribution is 2.62. The maximum Gasteiger partial charge on any atom is 0.410 e. The fourth-order valence-corrected chi connectivity index (χ4v) is 6.38. The van der Waals surface area contributed by atoms with Crippen molar-refractivity contribution in [3.8, 4) is 6.07 Å². The standard InChI is InChI=1S/C29H37N3O5/c1-7-35-25(33)24-13-20-12-18(19-10-11-36-28(5,6)14-19)8-9-23(20)32(24)29(17-30)21-15-31(16-22(21)29)26(34)37-27(2,3)4/h8-9,12-13,19,21-22H,7,10-11,14-16H2,1-6H3/t19-,21-,22+,29?/m0/s1. The third-order valence-corrected chi connectivity index (χ3v) is 8.02. The zero-order chi connectivity index (χ0) is 26.8. The van der Waals surface area contributed by atoms with Crippen LogP contribution in [0.3, 0.4) is 0 Å². The molecular formula is C29H37N3O5. The minimum absolute atomic E-state index is 0.0789. The molecule has 1 unspecified atom stereocenters. The van der Waals surface area contributed by atoms with Gasteiger partial charge in [0.1, 0.15) is 16.8 Å². The SMILES string of the molecule is CCOC(=O)c1cc2cc([C@H]3CCOC(C)(C)C3)ccc2n1C1(C#N)[C@@H]2CN(C(=O)OC(C)(C)C)C[C@@H]21. The lowest BCUT2D eigenvalue weighted by molar-refractivity contribution is -0.0592. The number of fused-ring (bicyclic) bond motifs is 2. The molecule has 1 aliphatic carbocycles. The van der Waals surface area contributed by atoms with E-state index < -0.39 is 17.1 Å². The number of nitriles is 1. The van der Waals surface area contributed by atoms with Gasteiger partial charge in [0, 0.05) is 36.9 Å². The van der Waals surface area contributed by atoms with E-state index in [1.165, 1.54) is 5.56 Å². The van der Waals surface area contributed by atoms with Gasteiger partial charge in [-0.15, -0.1) is 0 Å². The molecule has 1 aromatic carbocycles. The molecule has 1 aromatic heterocycles. The monoisotopic (exact) mass is 507 g/mol. The molecule has 0 N–H and O–H groups in total. The Morgan fingerprint density at radius 2 is 1.89 bits per heavy atom. The predicted octanol–water partition coefficient (Wildman–Crippen LogP) is 5.21. The van der Waals surface area contributed by atoms with E-state index in [4.69, 9.17) is 14.2 Å². The van der Waals surface area contributed by atoms with Crippen LogP contribution < -0.4 is 0 Å². The average molecular weight is 508 g/mol. The number of rotatable bonds is 4. The third-order valence-electron chi connectivity index (χ3n) is 8.02. The number of ether oxygens (including phenoxy) is 3. The van der Waals surface area contributed by atoms with Crippen molar-refractivity contribution >= 4 is 23.0 Å². The molecular weight excluding hydrogens is 470 g/mol. The molecule has 4 atom stereocenters. The Bertz CT molecular complexity index is 1270. The number of benzene rings is 1. The first kappa shape index (κ1) is 25.6. The molecule has 8 heteroatoms. The Morgan fingerprint density at radius 1 is 1.19 bits per heavy atom. The first-order valence-corrected chi connectivity index (χ1v) is 13.3. The van der Waals surface area contributed by atoms with E-state index in [0.717, 1.165) is 30.4 Å². The van der Waals surface area contributed by atoms with Crippen molar-refractivity contribution in [3.63, 3.8) is 0 Å². The summed E-state index contributed by atoms with van der Waals surface area (Å²) in [4.78, 5) is 27.4. The normalized spacial score (nSPS) is 28.5. The summed E-state index contributed by atoms with van der Waals surface area (Å²) in [6.07, 6.45) is 1.52. The van der Waals surface area contributed by atoms with Gasteiger partial charge in [-0.05, 0) is 84.1 Å². The number of piperidine rings is 1. The molecule has 37 heavy (non-hydrogen) atoms. The van der Waals surface area contributed by atoms with Gasteiger partial charge in [0.25, 0.3) is 0 Å². The van der Waals surface area contributed by atoms with Gasteiger partial charge in [0.05, 0.1) is 23.8 Å². The summed E-state index contributed by atoms with van der Waals surface area (Å²) >= 11 is 0. The molecule has 1 amide bonds. The van der Waals surface area contributed by atoms with Crippen LogP contribution in [0.25, 0.3) is 10.9 Å². The van der Waals surface area contributed by atoms with Crippen molar-refractivity contribution in [1.82, 2.24) is 9.47 Å². The lowest BCUT2D eigenvalue weighted by Crippen LogP contribution is -2.40. The van der Waals surface area contributed by atoms with E-state index in [9.17, 15) is 14.9 Å². The molecule has 3 fully saturated rings. The van der Waals surface area contributed by atoms with Crippen LogP contribution in [-0.4, -0.2) is 59.0 Å². The Morgan fingerprint density at radius 3 is 2.49 bits per heavy atom. The van der Waals surface area contributed by atoms with E-state index in [-0.39, 0.29) is 30.1 Å². The minimum Gasteiger partial charge on any atom is -0.461 e. The largest absolute Gasteiger partial charge is 0.461 e. The van der Waals surface area contributed by atoms with Crippen molar-refractivity contribution in [1.29, 1.82) is 5.26 Å². The summed E-state index contributed by atoms with van der Waals surface area (Å²) in [5.41, 5.74) is 0.802. The molecule has 198 valence electrons. The van der Waals surface area contributed by atoms with Crippen molar-refractivity contribution in [2.45, 2.75) is 77.0 Å². The summed E-state index contributed by atoms with van der Waals surface area (Å²) in [7, 11) is 0. The molecule has 5 rings (SSSR count). The highest BCUT2D eigenvalue weighted by Gasteiger charge is 2.72. The zero-order valence-corrected chi connectivity index (χ0v) is 22.7. The quantitative estimate of drug-likeness (QED) is 0.528. The molecule has 3 aliphatic rings. The fourth-order valence-electron chi connectivity index (χ4n) is 6.38. The Labute approximate surface area is 218 Å². The smallest absolute Gasteiger partial charge is 0.410 e. The van der Waals surface area contributed by atoms with E-state index in [1.54, 1.807) is 11.8 Å². The molecule has 0 spiro atoms. The van der Waals surface area contributed by atoms with Crippen LogP contribution in [0.15, 0.2) is 24.3 Å². The number of amides is 1. The first-order valence-electron chi connectivity index (χ1n) is 13.3. The number of hydrogen-bond donors (Lipinski definition) is 0. The van der Waals surface area contributed by atoms with E-state index >= 15 is 0 Å². The topological polar surface area (TPSA) is 93.8 Å². The number of hydrogen-bond acceptors (Lipinski definition) is 6. The number of carbonyl (C=O) groups excluding carboxylic acids is 2. The Balaban J connectivity index is 1.50. The summed E-state index contributed by atoms with van der Waals surface area (Å²) in [6, 6.07) is 10.7. The van der Waals surface area contributed by atoms with Gasteiger partial charge >= 0.3 is 12.1 Å². The second kappa shape index (κ2) is 8.76. The number of carbonyl (C=O) groups is 2. The van der Waals surface area contributed by atoms with Gasteiger partial charge < -0.3 is 23.7 Å². The number of nitrogens with zero attached hydrogens (tertiary/aromatic N) is 3. The summed E-state index contributed by atoms with van der Waals surface area (Å²) < 4.78 is 18.8. The lowest BCUT2D eigenvalue weighted by Gasteiger charge is -2.35. The molecule has 2 saturated heterocycles. The third kappa shape index (κ3) is 4.37. The van der Waals surface area contributed by atoms with Crippen LogP contribution in [0.2, 0.25) is 0 Å². The van der Waals surface area contributed by atoms with Crippen molar-refractivity contribution in [2.24, 2.45) is 11.8 Å². The fraction of sp³-hybridized carbons (Fsp3) is 0.621. The van der Waals surface area contributed by atoms with Crippen LogP contribution in [0.1, 0.15) is 76.4 Å². The summed E-state index contributed by atoms with van der Waals surface area (Å²) in [5, 5.41) is 11.4. The molecule has 2 aromatic rings. The second-order valence-corrected chi connectivity index (χ2v) is 12.2. The van der Waals surface area contributed by atoms with E-state index in [1.807, 2.05) is 37.5 Å². The first-order chi connectivity index (χ1) is 17.4. The van der Waals surface area contributed by atoms with Gasteiger partial charge in [-0.25, -0.2) is 9.59 Å². The van der Waals surface area contributed by atoms with Crippen LogP contribution in [0.4, 0.5) is 4.79 Å². The number of esters is 1. The Kier molecular flexibility index (Phi) is 6.06. The molecule has 2 aliphatic heterocycles. The van der Waals surface area contributed by atoms with Gasteiger partial charge in [-0.2, -0.15) is 5.26 Å². The van der Waals surface area contributed by atoms with Crippen LogP contribution in [-0.2, 0) is 19.7 Å². The minimum atomic E-state index is -0.898. The second-order valence-electron chi connectivity index (χ2n) is 12.2. The predicted molar refractivity (Wildman–Crippen MR) is 138 cm³/mol. The number of likely N-dealkylation sites (tertiary alicyclic amines) is 1. The highest BCUT2D eigenvalue weighted by molar-refractivity contribution is 5.96. The lowest BCUT2D eigenvalue weighted by atomic mass is 9.83. The molecule has 1 saturated carbocycles. The van der Waals surface area contributed by atoms with Crippen LogP contribution in [0, 0.1) is 23.2 Å². The van der Waals surface area contributed by atoms with E-state index in [2.05, 4.69) is 32.0 Å². The average Bonchev–Trinajstić information content (AvgIpc) is 3.14. The van der Waals surface area contributed by atoms with Gasteiger partial charge in [0.2, 0.25) is 0 Å².